The van der Waals surface area contributed by atoms with Crippen molar-refractivity contribution in [3.05, 3.63) is 29.3 Å². The highest BCUT2D eigenvalue weighted by atomic mass is 35.5. The van der Waals surface area contributed by atoms with Crippen molar-refractivity contribution < 1.29 is 0 Å². The van der Waals surface area contributed by atoms with Gasteiger partial charge in [0.2, 0.25) is 0 Å². The molecule has 0 saturated carbocycles. The molecule has 1 rings (SSSR count). The van der Waals surface area contributed by atoms with Crippen LogP contribution in [0.3, 0.4) is 0 Å². The van der Waals surface area contributed by atoms with E-state index in [1.165, 1.54) is 16.8 Å². The maximum atomic E-state index is 5.84. The van der Waals surface area contributed by atoms with Crippen LogP contribution in [0.4, 0.5) is 5.69 Å². The Morgan fingerprint density at radius 2 is 2.07 bits per heavy atom. The summed E-state index contributed by atoms with van der Waals surface area (Å²) in [6, 6.07) is 7.06. The zero-order chi connectivity index (χ0) is 11.4. The van der Waals surface area contributed by atoms with Crippen molar-refractivity contribution in [2.75, 3.05) is 11.9 Å². The lowest BCUT2D eigenvalue weighted by Gasteiger charge is -2.26. The van der Waals surface area contributed by atoms with Crippen LogP contribution in [0.2, 0.25) is 0 Å². The molecule has 0 bridgehead atoms. The van der Waals surface area contributed by atoms with Crippen LogP contribution in [0.5, 0.6) is 0 Å². The fourth-order valence-electron chi connectivity index (χ4n) is 1.58. The molecule has 0 aromatic heterocycles. The Labute approximate surface area is 98.0 Å². The van der Waals surface area contributed by atoms with E-state index < -0.39 is 0 Å². The number of nitrogens with zero attached hydrogens (tertiary/aromatic N) is 1. The van der Waals surface area contributed by atoms with Crippen molar-refractivity contribution in [2.45, 2.75) is 39.1 Å². The molecule has 1 unspecified atom stereocenters. The third kappa shape index (κ3) is 2.88. The number of hydrogen-bond acceptors (Lipinski definition) is 1. The molecule has 0 saturated heterocycles. The van der Waals surface area contributed by atoms with Gasteiger partial charge in [0.25, 0.3) is 0 Å². The van der Waals surface area contributed by atoms with Gasteiger partial charge in [-0.15, -0.1) is 11.6 Å². The number of aryl methyl sites for hydroxylation is 1. The molecule has 0 amide bonds. The number of benzene rings is 1. The van der Waals surface area contributed by atoms with E-state index in [0.29, 0.717) is 11.9 Å². The first-order valence-corrected chi connectivity index (χ1v) is 6.02. The summed E-state index contributed by atoms with van der Waals surface area (Å²) in [6.07, 6.45) is 1.16. The van der Waals surface area contributed by atoms with E-state index in [1.807, 2.05) is 0 Å². The maximum absolute atomic E-state index is 5.84. The molecule has 0 heterocycles. The summed E-state index contributed by atoms with van der Waals surface area (Å²) in [5.41, 5.74) is 3.77. The topological polar surface area (TPSA) is 3.24 Å². The van der Waals surface area contributed by atoms with Gasteiger partial charge in [-0.05, 0) is 43.5 Å². The summed E-state index contributed by atoms with van der Waals surface area (Å²) in [6.45, 7) is 6.57. The SMILES string of the molecule is CCC(C)N(C)c1ccc(CCl)c(C)c1. The minimum Gasteiger partial charge on any atom is -0.372 e. The van der Waals surface area contributed by atoms with Crippen molar-refractivity contribution in [3.63, 3.8) is 0 Å². The third-order valence-corrected chi connectivity index (χ3v) is 3.42. The molecule has 2 heteroatoms. The van der Waals surface area contributed by atoms with Gasteiger partial charge in [-0.25, -0.2) is 0 Å². The average Bonchev–Trinajstić information content (AvgIpc) is 2.26. The van der Waals surface area contributed by atoms with E-state index in [0.717, 1.165) is 6.42 Å². The van der Waals surface area contributed by atoms with Gasteiger partial charge in [0.1, 0.15) is 0 Å². The van der Waals surface area contributed by atoms with Gasteiger partial charge < -0.3 is 4.90 Å². The quantitative estimate of drug-likeness (QED) is 0.701. The van der Waals surface area contributed by atoms with Crippen LogP contribution in [0.15, 0.2) is 18.2 Å². The molecule has 15 heavy (non-hydrogen) atoms. The molecule has 0 radical (unpaired) electrons. The molecule has 1 aromatic rings. The van der Waals surface area contributed by atoms with Crippen LogP contribution >= 0.6 is 11.6 Å². The molecule has 1 nitrogen and oxygen atoms in total. The molecular weight excluding hydrogens is 206 g/mol. The van der Waals surface area contributed by atoms with Crippen LogP contribution in [0, 0.1) is 6.92 Å². The predicted octanol–water partition coefficient (Wildman–Crippen LogP) is 3.97. The summed E-state index contributed by atoms with van der Waals surface area (Å²) < 4.78 is 0. The maximum Gasteiger partial charge on any atom is 0.0476 e. The Kier molecular flexibility index (Phi) is 4.46. The zero-order valence-electron chi connectivity index (χ0n) is 10.0. The molecule has 0 spiro atoms. The smallest absolute Gasteiger partial charge is 0.0476 e. The largest absolute Gasteiger partial charge is 0.372 e. The number of alkyl halides is 1. The van der Waals surface area contributed by atoms with Gasteiger partial charge in [-0.2, -0.15) is 0 Å². The lowest BCUT2D eigenvalue weighted by Crippen LogP contribution is -2.27. The second kappa shape index (κ2) is 5.41. The van der Waals surface area contributed by atoms with E-state index in [4.69, 9.17) is 11.6 Å². The molecule has 0 aliphatic rings. The standard InChI is InChI=1S/C13H20ClN/c1-5-11(3)15(4)13-7-6-12(9-14)10(2)8-13/h6-8,11H,5,9H2,1-4H3. The molecule has 0 aliphatic heterocycles. The Hall–Kier alpha value is -0.690. The molecule has 1 atom stereocenters. The fourth-order valence-corrected chi connectivity index (χ4v) is 1.88. The van der Waals surface area contributed by atoms with Crippen LogP contribution < -0.4 is 4.90 Å². The number of rotatable bonds is 4. The highest BCUT2D eigenvalue weighted by Gasteiger charge is 2.08. The van der Waals surface area contributed by atoms with Gasteiger partial charge in [0, 0.05) is 24.7 Å². The number of hydrogen-bond donors (Lipinski definition) is 0. The second-order valence-electron chi connectivity index (χ2n) is 4.11. The predicted molar refractivity (Wildman–Crippen MR) is 68.9 cm³/mol. The van der Waals surface area contributed by atoms with Crippen LogP contribution in [-0.2, 0) is 5.88 Å². The van der Waals surface area contributed by atoms with Gasteiger partial charge in [0.05, 0.1) is 0 Å². The van der Waals surface area contributed by atoms with Crippen LogP contribution in [-0.4, -0.2) is 13.1 Å². The second-order valence-corrected chi connectivity index (χ2v) is 4.38. The van der Waals surface area contributed by atoms with Crippen molar-refractivity contribution in [2.24, 2.45) is 0 Å². The van der Waals surface area contributed by atoms with Gasteiger partial charge in [-0.1, -0.05) is 13.0 Å². The molecule has 0 fully saturated rings. The summed E-state index contributed by atoms with van der Waals surface area (Å²) in [5, 5.41) is 0. The number of anilines is 1. The number of halogens is 1. The van der Waals surface area contributed by atoms with Crippen molar-refractivity contribution >= 4 is 17.3 Å². The molecule has 84 valence electrons. The first-order chi connectivity index (χ1) is 7.10. The normalized spacial score (nSPS) is 12.6. The highest BCUT2D eigenvalue weighted by molar-refractivity contribution is 6.17. The summed E-state index contributed by atoms with van der Waals surface area (Å²) >= 11 is 5.84. The highest BCUT2D eigenvalue weighted by Crippen LogP contribution is 2.21. The van der Waals surface area contributed by atoms with Crippen molar-refractivity contribution in [3.8, 4) is 0 Å². The third-order valence-electron chi connectivity index (χ3n) is 3.13. The van der Waals surface area contributed by atoms with Gasteiger partial charge in [-0.3, -0.25) is 0 Å². The van der Waals surface area contributed by atoms with Gasteiger partial charge >= 0.3 is 0 Å². The minimum absolute atomic E-state index is 0.575. The van der Waals surface area contributed by atoms with E-state index in [9.17, 15) is 0 Å². The average molecular weight is 226 g/mol. The molecule has 0 N–H and O–H groups in total. The Morgan fingerprint density at radius 1 is 1.40 bits per heavy atom. The summed E-state index contributed by atoms with van der Waals surface area (Å²) in [5.74, 6) is 0.596. The molecule has 0 aliphatic carbocycles. The first-order valence-electron chi connectivity index (χ1n) is 5.48. The Balaban J connectivity index is 2.92. The van der Waals surface area contributed by atoms with E-state index in [2.05, 4.69) is 50.9 Å². The fraction of sp³-hybridized carbons (Fsp3) is 0.538. The molecule has 1 aromatic carbocycles. The van der Waals surface area contributed by atoms with E-state index in [1.54, 1.807) is 0 Å². The monoisotopic (exact) mass is 225 g/mol. The lowest BCUT2D eigenvalue weighted by molar-refractivity contribution is 0.663. The van der Waals surface area contributed by atoms with Crippen LogP contribution in [0.25, 0.3) is 0 Å². The first kappa shape index (κ1) is 12.4. The zero-order valence-corrected chi connectivity index (χ0v) is 10.8. The van der Waals surface area contributed by atoms with Crippen molar-refractivity contribution in [1.29, 1.82) is 0 Å². The Bertz CT molecular complexity index is 322. The lowest BCUT2D eigenvalue weighted by atomic mass is 10.1. The van der Waals surface area contributed by atoms with E-state index in [-0.39, 0.29) is 0 Å². The minimum atomic E-state index is 0.575. The van der Waals surface area contributed by atoms with Gasteiger partial charge in [0.15, 0.2) is 0 Å². The summed E-state index contributed by atoms with van der Waals surface area (Å²) in [4.78, 5) is 2.31. The summed E-state index contributed by atoms with van der Waals surface area (Å²) in [7, 11) is 2.14. The molecular formula is C13H20ClN. The van der Waals surface area contributed by atoms with Crippen molar-refractivity contribution in [1.82, 2.24) is 0 Å². The van der Waals surface area contributed by atoms with Crippen LogP contribution in [0.1, 0.15) is 31.4 Å². The van der Waals surface area contributed by atoms with E-state index >= 15 is 0 Å². The Morgan fingerprint density at radius 3 is 2.53 bits per heavy atom.